The van der Waals surface area contributed by atoms with Crippen LogP contribution in [0.4, 0.5) is 0 Å². The monoisotopic (exact) mass is 468 g/mol. The highest BCUT2D eigenvalue weighted by atomic mass is 32.2. The minimum atomic E-state index is -0.462. The summed E-state index contributed by atoms with van der Waals surface area (Å²) in [5, 5.41) is 15.6. The third-order valence-corrected chi connectivity index (χ3v) is 5.97. The molecule has 5 rings (SSSR count). The number of carbonyl (C=O) groups is 1. The van der Waals surface area contributed by atoms with Gasteiger partial charge in [0.05, 0.1) is 5.57 Å². The maximum atomic E-state index is 12.7. The van der Waals surface area contributed by atoms with Crippen molar-refractivity contribution in [2.45, 2.75) is 0 Å². The summed E-state index contributed by atoms with van der Waals surface area (Å²) in [6, 6.07) is 26.5. The van der Waals surface area contributed by atoms with Gasteiger partial charge >= 0.3 is 0 Å². The van der Waals surface area contributed by atoms with Crippen LogP contribution in [0.25, 0.3) is 6.08 Å². The molecule has 7 nitrogen and oxygen atoms in total. The third-order valence-electron chi connectivity index (χ3n) is 5.01. The van der Waals surface area contributed by atoms with Crippen molar-refractivity contribution in [2.24, 2.45) is 10.1 Å². The maximum Gasteiger partial charge on any atom is 0.283 e. The molecule has 2 aliphatic rings. The highest BCUT2D eigenvalue weighted by Crippen LogP contribution is 2.31. The van der Waals surface area contributed by atoms with Crippen molar-refractivity contribution in [3.63, 3.8) is 0 Å². The zero-order valence-electron chi connectivity index (χ0n) is 18.0. The molecular weight excluding hydrogens is 448 g/mol. The molecule has 1 N–H and O–H groups in total. The van der Waals surface area contributed by atoms with Gasteiger partial charge in [0.2, 0.25) is 5.17 Å². The van der Waals surface area contributed by atoms with Gasteiger partial charge in [0.15, 0.2) is 5.84 Å². The van der Waals surface area contributed by atoms with Crippen LogP contribution in [0.3, 0.4) is 0 Å². The van der Waals surface area contributed by atoms with Crippen LogP contribution in [0.1, 0.15) is 11.1 Å². The number of rotatable bonds is 7. The number of benzene rings is 3. The number of amidine groups is 2. The molecule has 2 aliphatic heterocycles. The van der Waals surface area contributed by atoms with E-state index in [1.54, 1.807) is 6.08 Å². The quantitative estimate of drug-likeness (QED) is 0.397. The number of hydrogen-bond acceptors (Lipinski definition) is 6. The van der Waals surface area contributed by atoms with Crippen LogP contribution in [0.2, 0.25) is 0 Å². The molecule has 3 aromatic carbocycles. The molecule has 0 aliphatic carbocycles. The van der Waals surface area contributed by atoms with Crippen LogP contribution in [0, 0.1) is 5.41 Å². The van der Waals surface area contributed by atoms with Crippen molar-refractivity contribution in [3.05, 3.63) is 102 Å². The molecule has 0 spiro atoms. The summed E-state index contributed by atoms with van der Waals surface area (Å²) in [6.07, 6.45) is 1.64. The van der Waals surface area contributed by atoms with Crippen molar-refractivity contribution in [3.8, 4) is 11.5 Å². The van der Waals surface area contributed by atoms with Gasteiger partial charge < -0.3 is 9.47 Å². The average Bonchev–Trinajstić information content (AvgIpc) is 3.30. The summed E-state index contributed by atoms with van der Waals surface area (Å²) >= 11 is 1.28. The van der Waals surface area contributed by atoms with E-state index in [0.29, 0.717) is 29.2 Å². The zero-order valence-corrected chi connectivity index (χ0v) is 18.9. The first kappa shape index (κ1) is 21.7. The Kier molecular flexibility index (Phi) is 6.22. The maximum absolute atomic E-state index is 12.7. The number of ether oxygens (including phenoxy) is 2. The molecule has 2 heterocycles. The van der Waals surface area contributed by atoms with Gasteiger partial charge in [0.1, 0.15) is 29.8 Å². The molecule has 0 unspecified atom stereocenters. The van der Waals surface area contributed by atoms with Gasteiger partial charge in [-0.3, -0.25) is 10.2 Å². The summed E-state index contributed by atoms with van der Waals surface area (Å²) in [4.78, 5) is 16.8. The van der Waals surface area contributed by atoms with Gasteiger partial charge in [-0.2, -0.15) is 15.1 Å². The van der Waals surface area contributed by atoms with E-state index in [9.17, 15) is 4.79 Å². The fourth-order valence-electron chi connectivity index (χ4n) is 3.39. The van der Waals surface area contributed by atoms with E-state index in [2.05, 4.69) is 10.1 Å². The largest absolute Gasteiger partial charge is 0.490 e. The smallest absolute Gasteiger partial charge is 0.283 e. The summed E-state index contributed by atoms with van der Waals surface area (Å²) in [5.74, 6) is 0.968. The van der Waals surface area contributed by atoms with Crippen molar-refractivity contribution in [1.29, 1.82) is 5.41 Å². The molecule has 1 amide bonds. The highest BCUT2D eigenvalue weighted by Gasteiger charge is 2.35. The second-order valence-electron chi connectivity index (χ2n) is 7.37. The molecule has 8 heteroatoms. The molecule has 0 saturated heterocycles. The van der Waals surface area contributed by atoms with Gasteiger partial charge in [-0.1, -0.05) is 60.7 Å². The van der Waals surface area contributed by atoms with E-state index in [-0.39, 0.29) is 11.4 Å². The lowest BCUT2D eigenvalue weighted by atomic mass is 10.1. The van der Waals surface area contributed by atoms with Crippen molar-refractivity contribution in [1.82, 2.24) is 5.01 Å². The van der Waals surface area contributed by atoms with Gasteiger partial charge in [0, 0.05) is 5.56 Å². The van der Waals surface area contributed by atoms with Gasteiger partial charge in [-0.15, -0.1) is 0 Å². The Bertz CT molecular complexity index is 1320. The first-order valence-electron chi connectivity index (χ1n) is 10.6. The van der Waals surface area contributed by atoms with Crippen molar-refractivity contribution < 1.29 is 14.3 Å². The van der Waals surface area contributed by atoms with E-state index in [4.69, 9.17) is 14.9 Å². The average molecular weight is 469 g/mol. The number of nitrogens with zero attached hydrogens (tertiary/aromatic N) is 3. The Morgan fingerprint density at radius 1 is 0.882 bits per heavy atom. The number of para-hydroxylation sites is 1. The zero-order chi connectivity index (χ0) is 23.3. The summed E-state index contributed by atoms with van der Waals surface area (Å²) < 4.78 is 11.4. The number of hydrazone groups is 1. The number of nitrogens with one attached hydrogen (secondary N) is 1. The summed E-state index contributed by atoms with van der Waals surface area (Å²) in [5.41, 5.74) is 1.82. The van der Waals surface area contributed by atoms with Gasteiger partial charge in [-0.25, -0.2) is 0 Å². The molecule has 0 fully saturated rings. The summed E-state index contributed by atoms with van der Waals surface area (Å²) in [6.45, 7) is 0.781. The lowest BCUT2D eigenvalue weighted by Crippen LogP contribution is -2.35. The Morgan fingerprint density at radius 3 is 2.32 bits per heavy atom. The Balaban J connectivity index is 1.28. The van der Waals surface area contributed by atoms with E-state index in [1.165, 1.54) is 16.8 Å². The molecule has 0 saturated carbocycles. The molecule has 0 radical (unpaired) electrons. The molecule has 0 aromatic heterocycles. The lowest BCUT2D eigenvalue weighted by Gasteiger charge is -2.20. The second-order valence-corrected chi connectivity index (χ2v) is 8.33. The molecular formula is C26H20N4O3S. The topological polar surface area (TPSA) is 87.3 Å². The molecule has 3 aromatic rings. The number of thioether (sulfide) groups is 1. The Labute approximate surface area is 200 Å². The van der Waals surface area contributed by atoms with Crippen LogP contribution in [0.5, 0.6) is 11.5 Å². The van der Waals surface area contributed by atoms with Crippen LogP contribution in [-0.2, 0) is 4.79 Å². The fraction of sp³-hybridized carbons (Fsp3) is 0.0769. The predicted molar refractivity (Wildman–Crippen MR) is 134 cm³/mol. The highest BCUT2D eigenvalue weighted by molar-refractivity contribution is 8.27. The van der Waals surface area contributed by atoms with Gasteiger partial charge in [-0.05, 0) is 47.7 Å². The molecule has 0 atom stereocenters. The second kappa shape index (κ2) is 9.76. The molecule has 168 valence electrons. The van der Waals surface area contributed by atoms with Crippen LogP contribution >= 0.6 is 11.8 Å². The minimum absolute atomic E-state index is 0.00369. The third kappa shape index (κ3) is 4.77. The van der Waals surface area contributed by atoms with Crippen LogP contribution in [0.15, 0.2) is 101 Å². The van der Waals surface area contributed by atoms with Crippen LogP contribution in [-0.4, -0.2) is 40.2 Å². The number of fused-ring (bicyclic) bond motifs is 1. The SMILES string of the molecule is N=C1/C(=C/c2cccc(OCCOc3ccccc3)c2)C(=O)N=C2SC(c3ccccc3)=NN12. The van der Waals surface area contributed by atoms with Crippen molar-refractivity contribution in [2.75, 3.05) is 13.2 Å². The number of aliphatic imine (C=N–C) groups is 1. The van der Waals surface area contributed by atoms with Gasteiger partial charge in [0.25, 0.3) is 5.91 Å². The molecule has 0 bridgehead atoms. The predicted octanol–water partition coefficient (Wildman–Crippen LogP) is 4.81. The first-order chi connectivity index (χ1) is 16.7. The Morgan fingerprint density at radius 2 is 1.56 bits per heavy atom. The number of amides is 1. The summed E-state index contributed by atoms with van der Waals surface area (Å²) in [7, 11) is 0. The van der Waals surface area contributed by atoms with E-state index in [1.807, 2.05) is 84.9 Å². The van der Waals surface area contributed by atoms with Crippen molar-refractivity contribution >= 4 is 39.8 Å². The standard InChI is InChI=1S/C26H20N4O3S/c27-23-22(24(31)28-26-30(23)29-25(34-26)19-9-3-1-4-10-19)17-18-8-7-13-21(16-18)33-15-14-32-20-11-5-2-6-12-20/h1-13,16-17,27H,14-15H2/b22-17-,27-23?. The first-order valence-corrected chi connectivity index (χ1v) is 11.5. The van der Waals surface area contributed by atoms with E-state index in [0.717, 1.165) is 16.9 Å². The van der Waals surface area contributed by atoms with E-state index < -0.39 is 5.91 Å². The lowest BCUT2D eigenvalue weighted by molar-refractivity contribution is -0.114. The van der Waals surface area contributed by atoms with E-state index >= 15 is 0 Å². The number of hydrogen-bond donors (Lipinski definition) is 1. The minimum Gasteiger partial charge on any atom is -0.490 e. The normalized spacial score (nSPS) is 16.2. The molecule has 34 heavy (non-hydrogen) atoms. The number of carbonyl (C=O) groups excluding carboxylic acids is 1. The van der Waals surface area contributed by atoms with Crippen LogP contribution < -0.4 is 9.47 Å². The Hall–Kier alpha value is -4.17. The fourth-order valence-corrected chi connectivity index (χ4v) is 4.28.